The lowest BCUT2D eigenvalue weighted by Gasteiger charge is -2.18. The molecule has 0 aliphatic carbocycles. The molecular weight excluding hydrogens is 520 g/mol. The third-order valence-electron chi connectivity index (χ3n) is 5.75. The topological polar surface area (TPSA) is 85.3 Å². The van der Waals surface area contributed by atoms with Crippen molar-refractivity contribution in [2.24, 2.45) is 0 Å². The Morgan fingerprint density at radius 1 is 0.972 bits per heavy atom. The number of nitrogens with zero attached hydrogens (tertiary/aromatic N) is 2. The molecule has 8 heteroatoms. The predicted octanol–water partition coefficient (Wildman–Crippen LogP) is 4.46. The van der Waals surface area contributed by atoms with Crippen LogP contribution in [-0.4, -0.2) is 41.8 Å². The van der Waals surface area contributed by atoms with Crippen molar-refractivity contribution in [2.45, 2.75) is 19.0 Å². The fourth-order valence-electron chi connectivity index (χ4n) is 3.93. The molecule has 1 heterocycles. The number of likely N-dealkylation sites (N-methyl/N-ethyl adjacent to an activating group) is 1. The van der Waals surface area contributed by atoms with Crippen molar-refractivity contribution in [3.8, 4) is 17.0 Å². The van der Waals surface area contributed by atoms with E-state index in [0.717, 1.165) is 26.9 Å². The molecule has 0 spiro atoms. The number of hydrogen-bond donors (Lipinski definition) is 2. The molecule has 1 aromatic heterocycles. The minimum Gasteiger partial charge on any atom is -0.497 e. The van der Waals surface area contributed by atoms with Gasteiger partial charge in [-0.05, 0) is 41.5 Å². The molecule has 3 aromatic carbocycles. The summed E-state index contributed by atoms with van der Waals surface area (Å²) in [4.78, 5) is 26.2. The second-order valence-electron chi connectivity index (χ2n) is 8.26. The molecule has 7 nitrogen and oxygen atoms in total. The fourth-order valence-corrected chi connectivity index (χ4v) is 4.38. The van der Waals surface area contributed by atoms with Crippen LogP contribution in [0.1, 0.15) is 21.6 Å². The Kier molecular flexibility index (Phi) is 8.17. The second kappa shape index (κ2) is 11.7. The summed E-state index contributed by atoms with van der Waals surface area (Å²) in [5.41, 5.74) is 3.79. The van der Waals surface area contributed by atoms with Gasteiger partial charge in [0.05, 0.1) is 19.3 Å². The summed E-state index contributed by atoms with van der Waals surface area (Å²) in [6.45, 7) is 0.364. The van der Waals surface area contributed by atoms with Crippen molar-refractivity contribution < 1.29 is 14.3 Å². The number of amides is 2. The highest BCUT2D eigenvalue weighted by Crippen LogP contribution is 2.21. The van der Waals surface area contributed by atoms with Gasteiger partial charge >= 0.3 is 0 Å². The molecule has 184 valence electrons. The smallest absolute Gasteiger partial charge is 0.270 e. The maximum absolute atomic E-state index is 13.5. The van der Waals surface area contributed by atoms with Crippen LogP contribution in [0.2, 0.25) is 0 Å². The first kappa shape index (κ1) is 25.2. The van der Waals surface area contributed by atoms with E-state index in [4.69, 9.17) is 9.84 Å². The first-order valence-corrected chi connectivity index (χ1v) is 12.3. The van der Waals surface area contributed by atoms with Crippen LogP contribution in [0.3, 0.4) is 0 Å². The van der Waals surface area contributed by atoms with Crippen LogP contribution in [0.25, 0.3) is 11.3 Å². The van der Waals surface area contributed by atoms with Crippen molar-refractivity contribution in [1.82, 2.24) is 20.4 Å². The molecule has 0 fully saturated rings. The molecule has 36 heavy (non-hydrogen) atoms. The van der Waals surface area contributed by atoms with E-state index in [1.165, 1.54) is 0 Å². The van der Waals surface area contributed by atoms with E-state index in [1.807, 2.05) is 78.9 Å². The van der Waals surface area contributed by atoms with E-state index in [2.05, 4.69) is 26.6 Å². The van der Waals surface area contributed by atoms with Crippen molar-refractivity contribution in [1.29, 1.82) is 0 Å². The van der Waals surface area contributed by atoms with Gasteiger partial charge in [-0.25, -0.2) is 0 Å². The first-order chi connectivity index (χ1) is 17.5. The Labute approximate surface area is 218 Å². The van der Waals surface area contributed by atoms with E-state index < -0.39 is 6.04 Å². The van der Waals surface area contributed by atoms with Crippen molar-refractivity contribution >= 4 is 27.7 Å². The highest BCUT2D eigenvalue weighted by Gasteiger charge is 2.24. The zero-order valence-corrected chi connectivity index (χ0v) is 21.7. The Bertz CT molecular complexity index is 1350. The number of benzene rings is 3. The van der Waals surface area contributed by atoms with Gasteiger partial charge in [-0.15, -0.1) is 0 Å². The molecule has 1 atom stereocenters. The van der Waals surface area contributed by atoms with Crippen LogP contribution in [0.4, 0.5) is 0 Å². The molecule has 0 aliphatic heterocycles. The van der Waals surface area contributed by atoms with E-state index in [9.17, 15) is 9.59 Å². The van der Waals surface area contributed by atoms with Gasteiger partial charge in [-0.1, -0.05) is 70.5 Å². The Balaban J connectivity index is 1.65. The highest BCUT2D eigenvalue weighted by atomic mass is 79.9. The van der Waals surface area contributed by atoms with E-state index in [0.29, 0.717) is 24.4 Å². The number of aromatic nitrogens is 2. The number of ether oxygens (including phenoxy) is 1. The summed E-state index contributed by atoms with van der Waals surface area (Å²) in [6, 6.07) is 26.0. The molecule has 4 aromatic rings. The lowest BCUT2D eigenvalue weighted by molar-refractivity contribution is -0.122. The van der Waals surface area contributed by atoms with Gasteiger partial charge in [-0.3, -0.25) is 14.3 Å². The number of hydrogen-bond acceptors (Lipinski definition) is 4. The number of rotatable bonds is 9. The lowest BCUT2D eigenvalue weighted by atomic mass is 10.0. The van der Waals surface area contributed by atoms with Crippen LogP contribution >= 0.6 is 15.9 Å². The lowest BCUT2D eigenvalue weighted by Crippen LogP contribution is -2.47. The standard InChI is InChI=1S/C28H27BrN4O3/c1-30-27(34)25(16-19-8-6-12-22(29)14-19)31-28(35)26-17-24(21-10-4-3-5-11-21)32-33(26)18-20-9-7-13-23(15-20)36-2/h3-15,17,25H,16,18H2,1-2H3,(H,30,34)(H,31,35)/t25-/m0/s1. The zero-order chi connectivity index (χ0) is 25.5. The Morgan fingerprint density at radius 3 is 2.44 bits per heavy atom. The van der Waals surface area contributed by atoms with Crippen LogP contribution in [-0.2, 0) is 17.8 Å². The number of carbonyl (C=O) groups is 2. The summed E-state index contributed by atoms with van der Waals surface area (Å²) < 4.78 is 7.91. The van der Waals surface area contributed by atoms with Gasteiger partial charge < -0.3 is 15.4 Å². The zero-order valence-electron chi connectivity index (χ0n) is 20.1. The summed E-state index contributed by atoms with van der Waals surface area (Å²) >= 11 is 3.46. The fraction of sp³-hybridized carbons (Fsp3) is 0.179. The molecule has 4 rings (SSSR count). The molecule has 0 aliphatic rings. The molecule has 2 N–H and O–H groups in total. The summed E-state index contributed by atoms with van der Waals surface area (Å²) in [6.07, 6.45) is 0.348. The van der Waals surface area contributed by atoms with Gasteiger partial charge in [0, 0.05) is 23.5 Å². The minimum atomic E-state index is -0.753. The molecular formula is C28H27BrN4O3. The van der Waals surface area contributed by atoms with Crippen LogP contribution < -0.4 is 15.4 Å². The summed E-state index contributed by atoms with van der Waals surface area (Å²) in [7, 11) is 3.17. The highest BCUT2D eigenvalue weighted by molar-refractivity contribution is 9.10. The Hall–Kier alpha value is -3.91. The largest absolute Gasteiger partial charge is 0.497 e. The monoisotopic (exact) mass is 546 g/mol. The molecule has 0 unspecified atom stereocenters. The number of methoxy groups -OCH3 is 1. The first-order valence-electron chi connectivity index (χ1n) is 11.5. The maximum atomic E-state index is 13.5. The average Bonchev–Trinajstić information content (AvgIpc) is 3.32. The SMILES string of the molecule is CNC(=O)[C@H](Cc1cccc(Br)c1)NC(=O)c1cc(-c2ccccc2)nn1Cc1cccc(OC)c1. The van der Waals surface area contributed by atoms with Crippen molar-refractivity contribution in [2.75, 3.05) is 14.2 Å². The maximum Gasteiger partial charge on any atom is 0.270 e. The van der Waals surface area contributed by atoms with Gasteiger partial charge in [-0.2, -0.15) is 5.10 Å². The third-order valence-corrected chi connectivity index (χ3v) is 6.24. The van der Waals surface area contributed by atoms with Crippen LogP contribution in [0, 0.1) is 0 Å². The molecule has 0 radical (unpaired) electrons. The molecule has 0 saturated carbocycles. The molecule has 2 amide bonds. The molecule has 0 saturated heterocycles. The predicted molar refractivity (Wildman–Crippen MR) is 143 cm³/mol. The Morgan fingerprint density at radius 2 is 1.72 bits per heavy atom. The summed E-state index contributed by atoms with van der Waals surface area (Å²) in [5.74, 6) is 0.0734. The van der Waals surface area contributed by atoms with Crippen LogP contribution in [0.5, 0.6) is 5.75 Å². The van der Waals surface area contributed by atoms with Gasteiger partial charge in [0.1, 0.15) is 17.5 Å². The molecule has 0 bridgehead atoms. The minimum absolute atomic E-state index is 0.273. The quantitative estimate of drug-likeness (QED) is 0.324. The van der Waals surface area contributed by atoms with E-state index >= 15 is 0 Å². The normalized spacial score (nSPS) is 11.5. The van der Waals surface area contributed by atoms with Crippen LogP contribution in [0.15, 0.2) is 89.4 Å². The average molecular weight is 547 g/mol. The van der Waals surface area contributed by atoms with E-state index in [1.54, 1.807) is 24.9 Å². The number of nitrogens with one attached hydrogen (secondary N) is 2. The van der Waals surface area contributed by atoms with Gasteiger partial charge in [0.2, 0.25) is 5.91 Å². The van der Waals surface area contributed by atoms with Crippen molar-refractivity contribution in [3.63, 3.8) is 0 Å². The van der Waals surface area contributed by atoms with Gasteiger partial charge in [0.15, 0.2) is 0 Å². The van der Waals surface area contributed by atoms with Gasteiger partial charge in [0.25, 0.3) is 5.91 Å². The number of halogens is 1. The number of carbonyl (C=O) groups excluding carboxylic acids is 2. The summed E-state index contributed by atoms with van der Waals surface area (Å²) in [5, 5.41) is 10.3. The van der Waals surface area contributed by atoms with Crippen molar-refractivity contribution in [3.05, 3.63) is 106 Å². The van der Waals surface area contributed by atoms with E-state index in [-0.39, 0.29) is 11.8 Å². The third kappa shape index (κ3) is 6.20. The second-order valence-corrected chi connectivity index (χ2v) is 9.18.